The van der Waals surface area contributed by atoms with Gasteiger partial charge in [-0.25, -0.2) is 9.59 Å². The first-order valence-electron chi connectivity index (χ1n) is 20.6. The Kier molecular flexibility index (Phi) is 7.85. The second-order valence-electron chi connectivity index (χ2n) is 19.3. The highest BCUT2D eigenvalue weighted by Gasteiger charge is 2.38. The molecule has 10 rings (SSSR count). The van der Waals surface area contributed by atoms with Gasteiger partial charge in [0.05, 0.1) is 22.1 Å². The Hall–Kier alpha value is -6.54. The van der Waals surface area contributed by atoms with Crippen LogP contribution >= 0.6 is 0 Å². The number of aromatic nitrogens is 2. The van der Waals surface area contributed by atoms with E-state index >= 15 is 0 Å². The number of ether oxygens (including phenoxy) is 2. The van der Waals surface area contributed by atoms with Crippen LogP contribution in [-0.4, -0.2) is 33.0 Å². The summed E-state index contributed by atoms with van der Waals surface area (Å²) in [6.45, 7) is 19.9. The minimum absolute atomic E-state index is 0.252. The predicted octanol–water partition coefficient (Wildman–Crippen LogP) is 12.9. The number of rotatable bonds is 3. The zero-order valence-electron chi connectivity index (χ0n) is 35.7. The fourth-order valence-electron chi connectivity index (χ4n) is 9.60. The van der Waals surface area contributed by atoms with E-state index in [2.05, 4.69) is 125 Å². The van der Waals surface area contributed by atoms with Crippen molar-refractivity contribution in [2.24, 2.45) is 0 Å². The molecule has 302 valence electrons. The highest BCUT2D eigenvalue weighted by Crippen LogP contribution is 2.52. The van der Waals surface area contributed by atoms with Crippen LogP contribution in [0.25, 0.3) is 77.0 Å². The van der Waals surface area contributed by atoms with Crippen molar-refractivity contribution >= 4 is 55.9 Å². The molecule has 8 heteroatoms. The average Bonchev–Trinajstić information content (AvgIpc) is 3.80. The SMILES string of the molecule is CC(C)(C)OC(=O)On1c2ccc(-c3ccc4c(c3)c3cc5c(cc3n4OC(=O)OC(C)(C)C)C(C)(C)c3ccccc3-5)cc2c2cc3c(cc21)C(C)(C)c1ccccc1-3. The smallest absolute Gasteiger partial charge is 0.427 e. The van der Waals surface area contributed by atoms with Gasteiger partial charge in [-0.2, -0.15) is 9.46 Å². The Morgan fingerprint density at radius 1 is 0.433 bits per heavy atom. The summed E-state index contributed by atoms with van der Waals surface area (Å²) in [6.07, 6.45) is -1.55. The Morgan fingerprint density at radius 2 is 0.800 bits per heavy atom. The Morgan fingerprint density at radius 3 is 1.18 bits per heavy atom. The molecule has 2 aromatic heterocycles. The van der Waals surface area contributed by atoms with Gasteiger partial charge in [-0.15, -0.1) is 0 Å². The second kappa shape index (κ2) is 12.5. The minimum Gasteiger partial charge on any atom is -0.427 e. The van der Waals surface area contributed by atoms with Gasteiger partial charge < -0.3 is 19.1 Å². The van der Waals surface area contributed by atoms with E-state index in [0.717, 1.165) is 54.7 Å². The molecule has 8 nitrogen and oxygen atoms in total. The van der Waals surface area contributed by atoms with Gasteiger partial charge in [0.1, 0.15) is 11.2 Å². The minimum atomic E-state index is -0.777. The topological polar surface area (TPSA) is 80.9 Å². The maximum atomic E-state index is 13.3. The van der Waals surface area contributed by atoms with Gasteiger partial charge in [0, 0.05) is 32.4 Å². The number of nitrogens with zero attached hydrogens (tertiary/aromatic N) is 2. The fourth-order valence-corrected chi connectivity index (χ4v) is 9.60. The molecule has 0 N–H and O–H groups in total. The maximum Gasteiger partial charge on any atom is 0.534 e. The molecule has 0 unspecified atom stereocenters. The molecule has 0 amide bonds. The summed E-state index contributed by atoms with van der Waals surface area (Å²) in [4.78, 5) is 38.7. The molecule has 8 aromatic rings. The Labute approximate surface area is 349 Å². The number of carbonyl (C=O) groups excluding carboxylic acids is 2. The summed E-state index contributed by atoms with van der Waals surface area (Å²) in [5.41, 5.74) is 12.6. The van der Waals surface area contributed by atoms with Gasteiger partial charge in [0.2, 0.25) is 0 Å². The third kappa shape index (κ3) is 5.71. The van der Waals surface area contributed by atoms with Gasteiger partial charge in [0.15, 0.2) is 0 Å². The summed E-state index contributed by atoms with van der Waals surface area (Å²) in [5.74, 6) is 0. The van der Waals surface area contributed by atoms with Crippen molar-refractivity contribution in [3.05, 3.63) is 131 Å². The van der Waals surface area contributed by atoms with Gasteiger partial charge in [-0.05, 0) is 146 Å². The summed E-state index contributed by atoms with van der Waals surface area (Å²) in [5, 5.41) is 3.79. The maximum absolute atomic E-state index is 13.3. The lowest BCUT2D eigenvalue weighted by Crippen LogP contribution is -2.29. The fraction of sp³-hybridized carbons (Fsp3) is 0.269. The lowest BCUT2D eigenvalue weighted by molar-refractivity contribution is -0.00804. The van der Waals surface area contributed by atoms with Gasteiger partial charge in [-0.3, -0.25) is 0 Å². The van der Waals surface area contributed by atoms with Crippen molar-refractivity contribution in [3.8, 4) is 33.4 Å². The van der Waals surface area contributed by atoms with Gasteiger partial charge >= 0.3 is 12.3 Å². The van der Waals surface area contributed by atoms with Gasteiger partial charge in [0.25, 0.3) is 0 Å². The summed E-state index contributed by atoms with van der Waals surface area (Å²) >= 11 is 0. The number of fused-ring (bicyclic) bond motifs is 12. The number of hydrogen-bond donors (Lipinski definition) is 0. The van der Waals surface area contributed by atoms with Crippen LogP contribution in [-0.2, 0) is 20.3 Å². The van der Waals surface area contributed by atoms with Crippen LogP contribution in [0.5, 0.6) is 0 Å². The van der Waals surface area contributed by atoms with E-state index in [1.807, 2.05) is 53.7 Å². The van der Waals surface area contributed by atoms with E-state index in [1.54, 1.807) is 9.46 Å². The summed E-state index contributed by atoms with van der Waals surface area (Å²) in [7, 11) is 0. The van der Waals surface area contributed by atoms with E-state index in [-0.39, 0.29) is 10.8 Å². The lowest BCUT2D eigenvalue weighted by atomic mass is 9.82. The van der Waals surface area contributed by atoms with Crippen molar-refractivity contribution < 1.29 is 28.7 Å². The highest BCUT2D eigenvalue weighted by molar-refractivity contribution is 6.14. The molecular weight excluding hydrogens is 749 g/mol. The number of carbonyl (C=O) groups is 2. The van der Waals surface area contributed by atoms with E-state index in [4.69, 9.17) is 19.1 Å². The highest BCUT2D eigenvalue weighted by atomic mass is 16.8. The molecule has 2 aliphatic rings. The van der Waals surface area contributed by atoms with E-state index in [9.17, 15) is 9.59 Å². The largest absolute Gasteiger partial charge is 0.534 e. The monoisotopic (exact) mass is 796 g/mol. The molecule has 2 heterocycles. The van der Waals surface area contributed by atoms with E-state index < -0.39 is 23.5 Å². The van der Waals surface area contributed by atoms with Crippen LogP contribution in [0.1, 0.15) is 91.5 Å². The number of benzene rings is 6. The first-order chi connectivity index (χ1) is 28.3. The Bertz CT molecular complexity index is 2950. The first kappa shape index (κ1) is 37.7. The van der Waals surface area contributed by atoms with Gasteiger partial charge in [-0.1, -0.05) is 88.4 Å². The van der Waals surface area contributed by atoms with Crippen LogP contribution in [0.3, 0.4) is 0 Å². The van der Waals surface area contributed by atoms with Crippen LogP contribution in [0.2, 0.25) is 0 Å². The third-order valence-electron chi connectivity index (χ3n) is 12.3. The van der Waals surface area contributed by atoms with Crippen molar-refractivity contribution in [1.29, 1.82) is 0 Å². The zero-order chi connectivity index (χ0) is 42.3. The van der Waals surface area contributed by atoms with Crippen LogP contribution in [0, 0.1) is 0 Å². The van der Waals surface area contributed by atoms with Crippen LogP contribution in [0.4, 0.5) is 9.59 Å². The van der Waals surface area contributed by atoms with Crippen LogP contribution in [0.15, 0.2) is 109 Å². The predicted molar refractivity (Wildman–Crippen MR) is 239 cm³/mol. The molecule has 0 atom stereocenters. The Balaban J connectivity index is 1.18. The molecule has 2 aliphatic carbocycles. The average molecular weight is 797 g/mol. The lowest BCUT2D eigenvalue weighted by Gasteiger charge is -2.22. The molecule has 0 saturated carbocycles. The first-order valence-corrected chi connectivity index (χ1v) is 20.6. The summed E-state index contributed by atoms with van der Waals surface area (Å²) in [6, 6.07) is 38.4. The van der Waals surface area contributed by atoms with Crippen molar-refractivity contribution in [3.63, 3.8) is 0 Å². The van der Waals surface area contributed by atoms with Crippen LogP contribution < -0.4 is 9.68 Å². The summed E-state index contributed by atoms with van der Waals surface area (Å²) < 4.78 is 14.5. The molecular formula is C52H48N2O6. The van der Waals surface area contributed by atoms with E-state index in [1.165, 1.54) is 44.5 Å². The van der Waals surface area contributed by atoms with Crippen molar-refractivity contribution in [2.75, 3.05) is 0 Å². The molecule has 60 heavy (non-hydrogen) atoms. The molecule has 0 radical (unpaired) electrons. The molecule has 0 bridgehead atoms. The third-order valence-corrected chi connectivity index (χ3v) is 12.3. The van der Waals surface area contributed by atoms with Crippen molar-refractivity contribution in [2.45, 2.75) is 91.3 Å². The quantitative estimate of drug-likeness (QED) is 0.166. The molecule has 0 spiro atoms. The normalized spacial score (nSPS) is 14.9. The second-order valence-corrected chi connectivity index (χ2v) is 19.3. The zero-order valence-corrected chi connectivity index (χ0v) is 35.7. The van der Waals surface area contributed by atoms with Crippen molar-refractivity contribution in [1.82, 2.24) is 9.46 Å². The molecule has 6 aromatic carbocycles. The standard InChI is InChI=1S/C52H48N2O6/c1-49(2,3)57-47(55)59-53-43-21-19-29(23-35(43)37-25-33-31-15-11-13-17-39(31)51(7,8)41(33)27-45(37)53)30-20-22-44-36(24-30)38-26-34-32-16-12-14-18-40(32)52(9,10)42(34)28-46(38)54(44)60-48(56)58-50(4,5)6/h11-28H,1-10H3. The molecule has 0 saturated heterocycles. The number of hydrogen-bond acceptors (Lipinski definition) is 6. The molecule has 0 aliphatic heterocycles. The van der Waals surface area contributed by atoms with E-state index in [0.29, 0.717) is 0 Å². The molecule has 0 fully saturated rings.